The third-order valence-electron chi connectivity index (χ3n) is 3.49. The summed E-state index contributed by atoms with van der Waals surface area (Å²) >= 11 is 0. The molecule has 116 valence electrons. The second-order valence-electron chi connectivity index (χ2n) is 5.12. The van der Waals surface area contributed by atoms with Crippen LogP contribution in [0.3, 0.4) is 0 Å². The first-order valence-corrected chi connectivity index (χ1v) is 6.66. The van der Waals surface area contributed by atoms with Gasteiger partial charge in [-0.25, -0.2) is 4.79 Å². The molecule has 0 atom stereocenters. The van der Waals surface area contributed by atoms with Gasteiger partial charge in [-0.1, -0.05) is 18.2 Å². The molecule has 0 aliphatic rings. The van der Waals surface area contributed by atoms with Crippen LogP contribution in [0.5, 0.6) is 5.75 Å². The molecule has 2 rings (SSSR count). The molecule has 2 nitrogen and oxygen atoms in total. The molecular weight excluding hydrogens is 293 g/mol. The van der Waals surface area contributed by atoms with Gasteiger partial charge in [-0.05, 0) is 55.7 Å². The maximum Gasteiger partial charge on any atom is 0.416 e. The molecule has 0 unspecified atom stereocenters. The standard InChI is InChI=1S/C17H15F3O2/c1-10-7-8-11(2)15(12(10)3)22-16(21)13-5-4-6-14(9-13)17(18,19)20/h4-9H,1-3H3. The molecule has 5 heteroatoms. The van der Waals surface area contributed by atoms with Crippen LogP contribution in [0, 0.1) is 20.8 Å². The number of ether oxygens (including phenoxy) is 1. The van der Waals surface area contributed by atoms with Crippen LogP contribution in [0.15, 0.2) is 36.4 Å². The third kappa shape index (κ3) is 3.30. The summed E-state index contributed by atoms with van der Waals surface area (Å²) in [6.07, 6.45) is -4.49. The number of esters is 1. The van der Waals surface area contributed by atoms with Crippen molar-refractivity contribution in [3.05, 3.63) is 64.2 Å². The van der Waals surface area contributed by atoms with Gasteiger partial charge in [-0.2, -0.15) is 13.2 Å². The molecule has 0 fully saturated rings. The highest BCUT2D eigenvalue weighted by Crippen LogP contribution is 2.30. The molecule has 22 heavy (non-hydrogen) atoms. The molecule has 0 bridgehead atoms. The number of hydrogen-bond acceptors (Lipinski definition) is 2. The van der Waals surface area contributed by atoms with Crippen LogP contribution < -0.4 is 4.74 Å². The quantitative estimate of drug-likeness (QED) is 0.585. The van der Waals surface area contributed by atoms with Crippen molar-refractivity contribution in [3.63, 3.8) is 0 Å². The molecule has 0 aromatic heterocycles. The highest BCUT2D eigenvalue weighted by Gasteiger charge is 2.31. The van der Waals surface area contributed by atoms with E-state index in [4.69, 9.17) is 4.74 Å². The van der Waals surface area contributed by atoms with Gasteiger partial charge in [-0.15, -0.1) is 0 Å². The Labute approximate surface area is 126 Å². The normalized spacial score (nSPS) is 11.4. The van der Waals surface area contributed by atoms with Gasteiger partial charge in [-0.3, -0.25) is 0 Å². The number of halogens is 3. The lowest BCUT2D eigenvalue weighted by Gasteiger charge is -2.13. The second kappa shape index (κ2) is 5.83. The molecule has 0 aliphatic carbocycles. The van der Waals surface area contributed by atoms with E-state index in [1.54, 1.807) is 19.9 Å². The van der Waals surface area contributed by atoms with Gasteiger partial charge in [0.25, 0.3) is 0 Å². The first kappa shape index (κ1) is 16.1. The molecule has 2 aromatic carbocycles. The summed E-state index contributed by atoms with van der Waals surface area (Å²) in [5, 5.41) is 0. The Hall–Kier alpha value is -2.30. The molecule has 0 amide bonds. The van der Waals surface area contributed by atoms with Crippen LogP contribution in [0.25, 0.3) is 0 Å². The minimum Gasteiger partial charge on any atom is -0.422 e. The Morgan fingerprint density at radius 2 is 1.64 bits per heavy atom. The predicted octanol–water partition coefficient (Wildman–Crippen LogP) is 4.85. The summed E-state index contributed by atoms with van der Waals surface area (Å²) in [6.45, 7) is 5.45. The number of aryl methyl sites for hydroxylation is 2. The van der Waals surface area contributed by atoms with E-state index in [9.17, 15) is 18.0 Å². The molecule has 0 saturated heterocycles. The lowest BCUT2D eigenvalue weighted by molar-refractivity contribution is -0.137. The fourth-order valence-corrected chi connectivity index (χ4v) is 2.06. The number of alkyl halides is 3. The van der Waals surface area contributed by atoms with Gasteiger partial charge in [0.15, 0.2) is 0 Å². The maximum atomic E-state index is 12.7. The Kier molecular flexibility index (Phi) is 4.26. The smallest absolute Gasteiger partial charge is 0.416 e. The van der Waals surface area contributed by atoms with Crippen molar-refractivity contribution in [1.82, 2.24) is 0 Å². The first-order chi connectivity index (χ1) is 10.2. The summed E-state index contributed by atoms with van der Waals surface area (Å²) in [5.74, 6) is -0.412. The molecule has 0 radical (unpaired) electrons. The molecule has 0 heterocycles. The highest BCUT2D eigenvalue weighted by molar-refractivity contribution is 5.91. The lowest BCUT2D eigenvalue weighted by Crippen LogP contribution is -2.13. The zero-order chi connectivity index (χ0) is 16.5. The summed E-state index contributed by atoms with van der Waals surface area (Å²) in [5.41, 5.74) is 1.48. The number of carbonyl (C=O) groups excluding carboxylic acids is 1. The van der Waals surface area contributed by atoms with Crippen molar-refractivity contribution < 1.29 is 22.7 Å². The Morgan fingerprint density at radius 1 is 1.00 bits per heavy atom. The monoisotopic (exact) mass is 308 g/mol. The summed E-state index contributed by atoms with van der Waals surface area (Å²) in [7, 11) is 0. The highest BCUT2D eigenvalue weighted by atomic mass is 19.4. The Bertz CT molecular complexity index is 718. The van der Waals surface area contributed by atoms with E-state index >= 15 is 0 Å². The second-order valence-corrected chi connectivity index (χ2v) is 5.12. The predicted molar refractivity (Wildman–Crippen MR) is 77.1 cm³/mol. The minimum atomic E-state index is -4.49. The molecule has 0 saturated carbocycles. The van der Waals surface area contributed by atoms with E-state index in [2.05, 4.69) is 0 Å². The summed E-state index contributed by atoms with van der Waals surface area (Å²) in [4.78, 5) is 12.1. The average Bonchev–Trinajstić information content (AvgIpc) is 2.46. The Balaban J connectivity index is 2.33. The van der Waals surface area contributed by atoms with E-state index in [1.165, 1.54) is 12.1 Å². The van der Waals surface area contributed by atoms with Gasteiger partial charge < -0.3 is 4.74 Å². The van der Waals surface area contributed by atoms with Gasteiger partial charge in [0, 0.05) is 0 Å². The maximum absolute atomic E-state index is 12.7. The zero-order valence-electron chi connectivity index (χ0n) is 12.4. The molecule has 0 spiro atoms. The topological polar surface area (TPSA) is 26.3 Å². The van der Waals surface area contributed by atoms with Gasteiger partial charge in [0.1, 0.15) is 5.75 Å². The van der Waals surface area contributed by atoms with Gasteiger partial charge >= 0.3 is 12.1 Å². The van der Waals surface area contributed by atoms with E-state index in [1.807, 2.05) is 13.0 Å². The zero-order valence-corrected chi connectivity index (χ0v) is 12.4. The largest absolute Gasteiger partial charge is 0.422 e. The van der Waals surface area contributed by atoms with Crippen molar-refractivity contribution in [2.24, 2.45) is 0 Å². The van der Waals surface area contributed by atoms with Crippen LogP contribution >= 0.6 is 0 Å². The van der Waals surface area contributed by atoms with Crippen LogP contribution in [-0.2, 0) is 6.18 Å². The summed E-state index contributed by atoms with van der Waals surface area (Å²) in [6, 6.07) is 7.90. The van der Waals surface area contributed by atoms with Gasteiger partial charge in [0.05, 0.1) is 11.1 Å². The minimum absolute atomic E-state index is 0.130. The van der Waals surface area contributed by atoms with Crippen molar-refractivity contribution in [3.8, 4) is 5.75 Å². The van der Waals surface area contributed by atoms with Crippen LogP contribution in [-0.4, -0.2) is 5.97 Å². The number of hydrogen-bond donors (Lipinski definition) is 0. The van der Waals surface area contributed by atoms with Crippen molar-refractivity contribution in [2.45, 2.75) is 26.9 Å². The molecule has 0 aliphatic heterocycles. The number of carbonyl (C=O) groups is 1. The van der Waals surface area contributed by atoms with Crippen LogP contribution in [0.1, 0.15) is 32.6 Å². The lowest BCUT2D eigenvalue weighted by atomic mass is 10.1. The molecular formula is C17H15F3O2. The average molecular weight is 308 g/mol. The van der Waals surface area contributed by atoms with Crippen LogP contribution in [0.4, 0.5) is 13.2 Å². The third-order valence-corrected chi connectivity index (χ3v) is 3.49. The van der Waals surface area contributed by atoms with E-state index in [0.717, 1.165) is 28.8 Å². The van der Waals surface area contributed by atoms with Crippen molar-refractivity contribution in [2.75, 3.05) is 0 Å². The fourth-order valence-electron chi connectivity index (χ4n) is 2.06. The van der Waals surface area contributed by atoms with Gasteiger partial charge in [0.2, 0.25) is 0 Å². The number of benzene rings is 2. The van der Waals surface area contributed by atoms with Crippen molar-refractivity contribution in [1.29, 1.82) is 0 Å². The van der Waals surface area contributed by atoms with E-state index < -0.39 is 17.7 Å². The SMILES string of the molecule is Cc1ccc(C)c(OC(=O)c2cccc(C(F)(F)F)c2)c1C. The molecule has 2 aromatic rings. The fraction of sp³-hybridized carbons (Fsp3) is 0.235. The summed E-state index contributed by atoms with van der Waals surface area (Å²) < 4.78 is 43.4. The Morgan fingerprint density at radius 3 is 2.27 bits per heavy atom. The van der Waals surface area contributed by atoms with Crippen molar-refractivity contribution >= 4 is 5.97 Å². The van der Waals surface area contributed by atoms with E-state index in [0.29, 0.717) is 5.75 Å². The molecule has 0 N–H and O–H groups in total. The van der Waals surface area contributed by atoms with E-state index in [-0.39, 0.29) is 5.56 Å². The van der Waals surface area contributed by atoms with Crippen LogP contribution in [0.2, 0.25) is 0 Å². The number of rotatable bonds is 2. The first-order valence-electron chi connectivity index (χ1n) is 6.66.